The Morgan fingerprint density at radius 2 is 1.83 bits per heavy atom. The number of hydrogen-bond donors (Lipinski definition) is 0. The van der Waals surface area contributed by atoms with Gasteiger partial charge < -0.3 is 4.42 Å². The van der Waals surface area contributed by atoms with Crippen LogP contribution in [0, 0.1) is 0 Å². The van der Waals surface area contributed by atoms with Gasteiger partial charge in [0.25, 0.3) is 0 Å². The van der Waals surface area contributed by atoms with Crippen molar-refractivity contribution in [2.45, 2.75) is 19.4 Å². The predicted molar refractivity (Wildman–Crippen MR) is 69.3 cm³/mol. The van der Waals surface area contributed by atoms with Crippen molar-refractivity contribution < 1.29 is 4.42 Å². The lowest BCUT2D eigenvalue weighted by molar-refractivity contribution is 0.292. The van der Waals surface area contributed by atoms with E-state index < -0.39 is 0 Å². The number of likely N-dealkylation sites (tertiary alicyclic amines) is 1. The summed E-state index contributed by atoms with van der Waals surface area (Å²) in [4.78, 5) is 2.33. The summed E-state index contributed by atoms with van der Waals surface area (Å²) >= 11 is 5.84. The second-order valence-electron chi connectivity index (χ2n) is 4.49. The second-order valence-corrected chi connectivity index (χ2v) is 4.93. The highest BCUT2D eigenvalue weighted by Gasteiger charge is 2.15. The van der Waals surface area contributed by atoms with E-state index in [1.165, 1.54) is 12.8 Å². The molecule has 0 N–H and O–H groups in total. The fourth-order valence-corrected chi connectivity index (χ4v) is 2.28. The molecular formula is C13H14ClN3O. The number of nitrogens with zero attached hydrogens (tertiary/aromatic N) is 3. The van der Waals surface area contributed by atoms with Crippen molar-refractivity contribution in [2.75, 3.05) is 13.1 Å². The normalized spacial score (nSPS) is 16.3. The second kappa shape index (κ2) is 5.08. The molecule has 0 bridgehead atoms. The lowest BCUT2D eigenvalue weighted by atomic mass is 10.2. The summed E-state index contributed by atoms with van der Waals surface area (Å²) in [5.41, 5.74) is 0.902. The van der Waals surface area contributed by atoms with E-state index in [2.05, 4.69) is 15.1 Å². The molecular weight excluding hydrogens is 250 g/mol. The zero-order valence-corrected chi connectivity index (χ0v) is 10.7. The van der Waals surface area contributed by atoms with Crippen molar-refractivity contribution in [3.05, 3.63) is 35.2 Å². The highest BCUT2D eigenvalue weighted by atomic mass is 35.5. The van der Waals surface area contributed by atoms with Gasteiger partial charge in [0.05, 0.1) is 6.54 Å². The number of halogens is 1. The van der Waals surface area contributed by atoms with Crippen LogP contribution in [0.3, 0.4) is 0 Å². The van der Waals surface area contributed by atoms with Gasteiger partial charge in [-0.15, -0.1) is 10.2 Å². The molecule has 2 heterocycles. The van der Waals surface area contributed by atoms with Crippen LogP contribution < -0.4 is 0 Å². The maximum Gasteiger partial charge on any atom is 0.247 e. The molecule has 1 aromatic heterocycles. The zero-order valence-electron chi connectivity index (χ0n) is 9.97. The van der Waals surface area contributed by atoms with E-state index in [4.69, 9.17) is 16.0 Å². The molecule has 0 spiro atoms. The molecule has 5 heteroatoms. The quantitative estimate of drug-likeness (QED) is 0.854. The summed E-state index contributed by atoms with van der Waals surface area (Å²) in [7, 11) is 0. The summed E-state index contributed by atoms with van der Waals surface area (Å²) < 4.78 is 5.66. The smallest absolute Gasteiger partial charge is 0.247 e. The minimum absolute atomic E-state index is 0.556. The van der Waals surface area contributed by atoms with Crippen LogP contribution in [0.4, 0.5) is 0 Å². The van der Waals surface area contributed by atoms with Crippen LogP contribution in [-0.2, 0) is 6.54 Å². The Balaban J connectivity index is 1.74. The first-order valence-corrected chi connectivity index (χ1v) is 6.50. The molecule has 1 saturated heterocycles. The Hall–Kier alpha value is -1.39. The van der Waals surface area contributed by atoms with Crippen LogP contribution in [0.25, 0.3) is 11.5 Å². The molecule has 1 fully saturated rings. The Morgan fingerprint density at radius 3 is 2.56 bits per heavy atom. The molecule has 1 aliphatic heterocycles. The van der Waals surface area contributed by atoms with Crippen molar-refractivity contribution in [2.24, 2.45) is 0 Å². The minimum atomic E-state index is 0.556. The summed E-state index contributed by atoms with van der Waals surface area (Å²) in [5, 5.41) is 8.86. The third-order valence-electron chi connectivity index (χ3n) is 3.12. The Kier molecular flexibility index (Phi) is 3.30. The molecule has 0 radical (unpaired) electrons. The van der Waals surface area contributed by atoms with Gasteiger partial charge in [-0.2, -0.15) is 0 Å². The highest BCUT2D eigenvalue weighted by Crippen LogP contribution is 2.21. The fraction of sp³-hybridized carbons (Fsp3) is 0.385. The van der Waals surface area contributed by atoms with Gasteiger partial charge in [-0.25, -0.2) is 0 Å². The van der Waals surface area contributed by atoms with Crippen LogP contribution in [0.5, 0.6) is 0 Å². The monoisotopic (exact) mass is 263 g/mol. The molecule has 3 rings (SSSR count). The van der Waals surface area contributed by atoms with E-state index in [9.17, 15) is 0 Å². The van der Waals surface area contributed by atoms with Crippen molar-refractivity contribution >= 4 is 11.6 Å². The van der Waals surface area contributed by atoms with Gasteiger partial charge in [0.15, 0.2) is 0 Å². The zero-order chi connectivity index (χ0) is 12.4. The number of aromatic nitrogens is 2. The van der Waals surface area contributed by atoms with E-state index in [0.29, 0.717) is 16.8 Å². The first-order chi connectivity index (χ1) is 8.81. The summed E-state index contributed by atoms with van der Waals surface area (Å²) in [6.07, 6.45) is 2.52. The lowest BCUT2D eigenvalue weighted by Crippen LogP contribution is -2.18. The Bertz CT molecular complexity index is 517. The molecule has 4 nitrogen and oxygen atoms in total. The Labute approximate surface area is 111 Å². The molecule has 1 aromatic carbocycles. The largest absolute Gasteiger partial charge is 0.419 e. The highest BCUT2D eigenvalue weighted by molar-refractivity contribution is 6.30. The minimum Gasteiger partial charge on any atom is -0.419 e. The summed E-state index contributed by atoms with van der Waals surface area (Å²) in [5.74, 6) is 1.24. The van der Waals surface area contributed by atoms with Gasteiger partial charge >= 0.3 is 0 Å². The van der Waals surface area contributed by atoms with Crippen molar-refractivity contribution in [1.29, 1.82) is 0 Å². The van der Waals surface area contributed by atoms with Crippen LogP contribution in [0.15, 0.2) is 28.7 Å². The topological polar surface area (TPSA) is 42.2 Å². The van der Waals surface area contributed by atoms with Crippen LogP contribution >= 0.6 is 11.6 Å². The predicted octanol–water partition coefficient (Wildman–Crippen LogP) is 2.99. The van der Waals surface area contributed by atoms with E-state index >= 15 is 0 Å². The average molecular weight is 264 g/mol. The van der Waals surface area contributed by atoms with Gasteiger partial charge in [0, 0.05) is 10.6 Å². The molecule has 0 saturated carbocycles. The molecule has 0 unspecified atom stereocenters. The molecule has 2 aromatic rings. The molecule has 0 amide bonds. The first-order valence-electron chi connectivity index (χ1n) is 6.12. The maximum absolute atomic E-state index is 5.84. The first kappa shape index (κ1) is 11.7. The Morgan fingerprint density at radius 1 is 1.11 bits per heavy atom. The van der Waals surface area contributed by atoms with Crippen molar-refractivity contribution in [3.63, 3.8) is 0 Å². The third-order valence-corrected chi connectivity index (χ3v) is 3.37. The van der Waals surface area contributed by atoms with Gasteiger partial charge in [-0.1, -0.05) is 11.6 Å². The van der Waals surface area contributed by atoms with Crippen molar-refractivity contribution in [3.8, 4) is 11.5 Å². The standard InChI is InChI=1S/C13H14ClN3O/c14-11-5-3-10(4-6-11)13-16-15-12(18-13)9-17-7-1-2-8-17/h3-6H,1-2,7-9H2. The van der Waals surface area contributed by atoms with Crippen molar-refractivity contribution in [1.82, 2.24) is 15.1 Å². The van der Waals surface area contributed by atoms with Gasteiger partial charge in [0.2, 0.25) is 11.8 Å². The van der Waals surface area contributed by atoms with Gasteiger partial charge in [-0.05, 0) is 50.2 Å². The van der Waals surface area contributed by atoms with Gasteiger partial charge in [-0.3, -0.25) is 4.90 Å². The van der Waals surface area contributed by atoms with Gasteiger partial charge in [0.1, 0.15) is 0 Å². The number of benzene rings is 1. The average Bonchev–Trinajstić information content (AvgIpc) is 3.02. The van der Waals surface area contributed by atoms with E-state index in [0.717, 1.165) is 25.2 Å². The molecule has 0 atom stereocenters. The molecule has 18 heavy (non-hydrogen) atoms. The van der Waals surface area contributed by atoms with E-state index in [-0.39, 0.29) is 0 Å². The lowest BCUT2D eigenvalue weighted by Gasteiger charge is -2.10. The van der Waals surface area contributed by atoms with E-state index in [1.807, 2.05) is 24.3 Å². The number of hydrogen-bond acceptors (Lipinski definition) is 4. The molecule has 1 aliphatic rings. The summed E-state index contributed by atoms with van der Waals surface area (Å²) in [6.45, 7) is 3.00. The van der Waals surface area contributed by atoms with Crippen LogP contribution in [-0.4, -0.2) is 28.2 Å². The van der Waals surface area contributed by atoms with E-state index in [1.54, 1.807) is 0 Å². The number of rotatable bonds is 3. The van der Waals surface area contributed by atoms with Crippen LogP contribution in [0.2, 0.25) is 5.02 Å². The SMILES string of the molecule is Clc1ccc(-c2nnc(CN3CCCC3)o2)cc1. The summed E-state index contributed by atoms with van der Waals surface area (Å²) in [6, 6.07) is 7.41. The maximum atomic E-state index is 5.84. The molecule has 94 valence electrons. The van der Waals surface area contributed by atoms with Crippen LogP contribution in [0.1, 0.15) is 18.7 Å². The third kappa shape index (κ3) is 2.54. The fourth-order valence-electron chi connectivity index (χ4n) is 2.16. The molecule has 0 aliphatic carbocycles.